The molecule has 21 heavy (non-hydrogen) atoms. The first-order valence-corrected chi connectivity index (χ1v) is 9.12. The quantitative estimate of drug-likeness (QED) is 0.478. The van der Waals surface area contributed by atoms with Gasteiger partial charge in [-0.25, -0.2) is 0 Å². The Labute approximate surface area is 125 Å². The SMILES string of the molecule is COc1ccc(C(NCC2CC=CCC2)[PH](O)(O)O)cc1. The van der Waals surface area contributed by atoms with E-state index in [0.717, 1.165) is 19.3 Å². The molecule has 2 unspecified atom stereocenters. The maximum absolute atomic E-state index is 9.73. The number of hydrogen-bond acceptors (Lipinski definition) is 5. The van der Waals surface area contributed by atoms with Gasteiger partial charge in [-0.15, -0.1) is 0 Å². The second kappa shape index (κ2) is 7.34. The zero-order chi connectivity index (χ0) is 15.3. The summed E-state index contributed by atoms with van der Waals surface area (Å²) in [5.74, 6) is 0.331. The van der Waals surface area contributed by atoms with E-state index in [4.69, 9.17) is 4.74 Å². The van der Waals surface area contributed by atoms with Gasteiger partial charge in [0.1, 0.15) is 0 Å². The van der Waals surface area contributed by atoms with Crippen LogP contribution >= 0.6 is 7.94 Å². The molecule has 0 aliphatic heterocycles. The summed E-state index contributed by atoms with van der Waals surface area (Å²) in [6.07, 6.45) is 7.44. The molecule has 0 spiro atoms. The normalized spacial score (nSPS) is 21.0. The Morgan fingerprint density at radius 2 is 1.95 bits per heavy atom. The van der Waals surface area contributed by atoms with E-state index in [9.17, 15) is 14.7 Å². The van der Waals surface area contributed by atoms with Crippen molar-refractivity contribution in [2.45, 2.75) is 25.0 Å². The van der Waals surface area contributed by atoms with Gasteiger partial charge in [0.15, 0.2) is 0 Å². The Hall–Kier alpha value is -0.970. The summed E-state index contributed by atoms with van der Waals surface area (Å²) >= 11 is 0. The van der Waals surface area contributed by atoms with Crippen molar-refractivity contribution in [3.8, 4) is 5.75 Å². The molecule has 0 saturated heterocycles. The molecular formula is C15H24NO4P. The number of ether oxygens (including phenoxy) is 1. The van der Waals surface area contributed by atoms with Crippen LogP contribution in [0, 0.1) is 5.92 Å². The number of benzene rings is 1. The van der Waals surface area contributed by atoms with Gasteiger partial charge in [0.2, 0.25) is 0 Å². The summed E-state index contributed by atoms with van der Waals surface area (Å²) in [4.78, 5) is 29.2. The second-order valence-corrected chi connectivity index (χ2v) is 7.40. The Balaban J connectivity index is 2.05. The Kier molecular flexibility index (Phi) is 5.73. The van der Waals surface area contributed by atoms with Gasteiger partial charge < -0.3 is 0 Å². The number of nitrogens with one attached hydrogen (secondary N) is 1. The van der Waals surface area contributed by atoms with E-state index < -0.39 is 13.7 Å². The summed E-state index contributed by atoms with van der Waals surface area (Å²) < 4.78 is 5.09. The first-order chi connectivity index (χ1) is 10.0. The van der Waals surface area contributed by atoms with Crippen molar-refractivity contribution in [2.75, 3.05) is 13.7 Å². The van der Waals surface area contributed by atoms with Gasteiger partial charge in [-0.05, 0) is 0 Å². The summed E-state index contributed by atoms with van der Waals surface area (Å²) in [6, 6.07) is 6.96. The van der Waals surface area contributed by atoms with E-state index >= 15 is 0 Å². The molecule has 0 saturated carbocycles. The first-order valence-electron chi connectivity index (χ1n) is 7.20. The fourth-order valence-corrected chi connectivity index (χ4v) is 3.63. The van der Waals surface area contributed by atoms with E-state index in [1.165, 1.54) is 0 Å². The number of rotatable bonds is 6. The minimum absolute atomic E-state index is 0.465. The third-order valence-corrected chi connectivity index (χ3v) is 5.14. The van der Waals surface area contributed by atoms with E-state index in [2.05, 4.69) is 17.5 Å². The van der Waals surface area contributed by atoms with Gasteiger partial charge in [0, 0.05) is 0 Å². The van der Waals surface area contributed by atoms with Crippen molar-refractivity contribution >= 4 is 7.94 Å². The molecule has 6 heteroatoms. The van der Waals surface area contributed by atoms with Crippen LogP contribution in [0.5, 0.6) is 5.75 Å². The Morgan fingerprint density at radius 3 is 2.48 bits per heavy atom. The molecule has 2 rings (SSSR count). The Bertz CT molecular complexity index is 470. The average Bonchev–Trinajstić information content (AvgIpc) is 2.48. The van der Waals surface area contributed by atoms with Crippen LogP contribution < -0.4 is 10.1 Å². The topological polar surface area (TPSA) is 82.0 Å². The number of hydrogen-bond donors (Lipinski definition) is 4. The number of allylic oxidation sites excluding steroid dienone is 2. The molecule has 0 amide bonds. The zero-order valence-electron chi connectivity index (χ0n) is 12.2. The molecule has 1 aromatic carbocycles. The fourth-order valence-electron chi connectivity index (χ4n) is 2.60. The first kappa shape index (κ1) is 16.4. The predicted octanol–water partition coefficient (Wildman–Crippen LogP) is 2.11. The van der Waals surface area contributed by atoms with E-state index in [1.807, 2.05) is 0 Å². The van der Waals surface area contributed by atoms with Crippen molar-refractivity contribution in [3.63, 3.8) is 0 Å². The molecule has 0 aromatic heterocycles. The molecule has 0 bridgehead atoms. The van der Waals surface area contributed by atoms with Crippen LogP contribution in [-0.4, -0.2) is 28.3 Å². The molecule has 0 fully saturated rings. The zero-order valence-corrected chi connectivity index (χ0v) is 13.2. The van der Waals surface area contributed by atoms with Crippen LogP contribution in [0.3, 0.4) is 0 Å². The second-order valence-electron chi connectivity index (χ2n) is 5.45. The molecule has 1 aliphatic rings. The van der Waals surface area contributed by atoms with Gasteiger partial charge in [-0.3, -0.25) is 0 Å². The molecule has 5 nitrogen and oxygen atoms in total. The van der Waals surface area contributed by atoms with Crippen molar-refractivity contribution in [1.29, 1.82) is 0 Å². The molecule has 0 heterocycles. The molecule has 1 aliphatic carbocycles. The van der Waals surface area contributed by atoms with Crippen LogP contribution in [0.1, 0.15) is 30.6 Å². The van der Waals surface area contributed by atoms with Crippen molar-refractivity contribution in [1.82, 2.24) is 5.32 Å². The molecule has 0 radical (unpaired) electrons. The molecular weight excluding hydrogens is 289 g/mol. The summed E-state index contributed by atoms with van der Waals surface area (Å²) in [5.41, 5.74) is 0.654. The predicted molar refractivity (Wildman–Crippen MR) is 85.2 cm³/mol. The third kappa shape index (κ3) is 4.77. The van der Waals surface area contributed by atoms with Crippen molar-refractivity contribution in [2.24, 2.45) is 5.92 Å². The van der Waals surface area contributed by atoms with Crippen molar-refractivity contribution in [3.05, 3.63) is 42.0 Å². The standard InChI is InChI=1S/C15H24NO4P/c1-20-14-9-7-13(8-10-14)15(21(17,18)19)16-11-12-5-3-2-4-6-12/h2-3,7-10,12,15-19,21H,4-6,11H2,1H3. The third-order valence-electron chi connectivity index (χ3n) is 3.82. The Morgan fingerprint density at radius 1 is 1.24 bits per heavy atom. The fraction of sp³-hybridized carbons (Fsp3) is 0.467. The van der Waals surface area contributed by atoms with Gasteiger partial charge in [-0.1, -0.05) is 0 Å². The minimum atomic E-state index is -4.31. The van der Waals surface area contributed by atoms with Crippen molar-refractivity contribution < 1.29 is 19.4 Å². The van der Waals surface area contributed by atoms with Crippen LogP contribution in [0.2, 0.25) is 0 Å². The average molecular weight is 313 g/mol. The molecule has 1 aromatic rings. The molecule has 2 atom stereocenters. The monoisotopic (exact) mass is 313 g/mol. The van der Waals surface area contributed by atoms with E-state index in [-0.39, 0.29) is 0 Å². The van der Waals surface area contributed by atoms with Gasteiger partial charge in [0.05, 0.1) is 0 Å². The van der Waals surface area contributed by atoms with Crippen LogP contribution in [0.15, 0.2) is 36.4 Å². The molecule has 4 N–H and O–H groups in total. The van der Waals surface area contributed by atoms with Crippen LogP contribution in [-0.2, 0) is 0 Å². The number of methoxy groups -OCH3 is 1. The van der Waals surface area contributed by atoms with Gasteiger partial charge in [-0.2, -0.15) is 0 Å². The van der Waals surface area contributed by atoms with E-state index in [1.54, 1.807) is 31.4 Å². The summed E-state index contributed by atoms with van der Waals surface area (Å²) in [7, 11) is -2.74. The maximum atomic E-state index is 9.73. The molecule has 118 valence electrons. The van der Waals surface area contributed by atoms with Gasteiger partial charge in [0.25, 0.3) is 0 Å². The van der Waals surface area contributed by atoms with E-state index in [0.29, 0.717) is 23.8 Å². The van der Waals surface area contributed by atoms with Crippen LogP contribution in [0.25, 0.3) is 0 Å². The van der Waals surface area contributed by atoms with Gasteiger partial charge >= 0.3 is 125 Å². The summed E-state index contributed by atoms with van der Waals surface area (Å²) in [5, 5.41) is 3.12. The van der Waals surface area contributed by atoms with Crippen LogP contribution in [0.4, 0.5) is 0 Å². The summed E-state index contributed by atoms with van der Waals surface area (Å²) in [6.45, 7) is 0.650.